The van der Waals surface area contributed by atoms with Crippen LogP contribution in [0.25, 0.3) is 16.5 Å². The van der Waals surface area contributed by atoms with Gasteiger partial charge in [0.05, 0.1) is 5.97 Å². The predicted octanol–water partition coefficient (Wildman–Crippen LogP) is 2.38. The van der Waals surface area contributed by atoms with Crippen LogP contribution in [-0.4, -0.2) is 10.5 Å². The molecule has 0 aliphatic rings. The zero-order valence-corrected chi connectivity index (χ0v) is 10.8. The van der Waals surface area contributed by atoms with Crippen molar-refractivity contribution in [2.24, 2.45) is 0 Å². The number of aromatic nitrogens is 1. The number of rotatable bonds is 3. The van der Waals surface area contributed by atoms with Crippen LogP contribution in [0, 0.1) is 0 Å². The van der Waals surface area contributed by atoms with Gasteiger partial charge in [-0.05, 0) is 56.2 Å². The molecule has 0 aliphatic carbocycles. The highest BCUT2D eigenvalue weighted by Crippen LogP contribution is 2.24. The normalized spacial score (nSPS) is 12.3. The highest BCUT2D eigenvalue weighted by molar-refractivity contribution is 5.91. The number of carbonyl (C=O) groups excluding carboxylic acids is 1. The number of carboxylic acid groups (broad SMARTS) is 1. The Balaban J connectivity index is 2.49. The molecule has 2 aromatic rings. The molecule has 0 atom stereocenters. The predicted molar refractivity (Wildman–Crippen MR) is 71.0 cm³/mol. The van der Waals surface area contributed by atoms with E-state index < -0.39 is 5.97 Å². The Morgan fingerprint density at radius 1 is 1.33 bits per heavy atom. The number of carbonyl (C=O) groups is 1. The van der Waals surface area contributed by atoms with Gasteiger partial charge in [-0.2, -0.15) is 0 Å². The van der Waals surface area contributed by atoms with Gasteiger partial charge >= 0.3 is 0 Å². The van der Waals surface area contributed by atoms with E-state index in [0.717, 1.165) is 22.5 Å². The molecule has 3 heteroatoms. The molecule has 1 aromatic carbocycles. The topological polar surface area (TPSA) is 45.1 Å². The summed E-state index contributed by atoms with van der Waals surface area (Å²) >= 11 is 0. The highest BCUT2D eigenvalue weighted by Gasteiger charge is 2.05. The lowest BCUT2D eigenvalue weighted by molar-refractivity contribution is -0.297. The smallest absolute Gasteiger partial charge is 0.0645 e. The summed E-state index contributed by atoms with van der Waals surface area (Å²) in [5, 5.41) is 11.7. The summed E-state index contributed by atoms with van der Waals surface area (Å²) in [6.07, 6.45) is 3.18. The van der Waals surface area contributed by atoms with Crippen LogP contribution >= 0.6 is 0 Å². The second-order valence-corrected chi connectivity index (χ2v) is 4.74. The lowest BCUT2D eigenvalue weighted by atomic mass is 10.1. The van der Waals surface area contributed by atoms with Gasteiger partial charge in [0.1, 0.15) is 0 Å². The molecule has 94 valence electrons. The van der Waals surface area contributed by atoms with Gasteiger partial charge in [0.15, 0.2) is 0 Å². The van der Waals surface area contributed by atoms with Crippen molar-refractivity contribution in [2.75, 3.05) is 0 Å². The molecule has 0 amide bonds. The van der Waals surface area contributed by atoms with Gasteiger partial charge in [0.2, 0.25) is 0 Å². The maximum absolute atomic E-state index is 10.5. The third kappa shape index (κ3) is 2.30. The number of nitrogens with zero attached hydrogens (tertiary/aromatic N) is 1. The first-order valence-electron chi connectivity index (χ1n) is 5.99. The summed E-state index contributed by atoms with van der Waals surface area (Å²) in [5.41, 5.74) is 2.78. The number of allylic oxidation sites excluding steroid dienone is 1. The van der Waals surface area contributed by atoms with E-state index in [4.69, 9.17) is 0 Å². The summed E-state index contributed by atoms with van der Waals surface area (Å²) in [7, 11) is 0. The fourth-order valence-corrected chi connectivity index (χ4v) is 2.12. The molecule has 18 heavy (non-hydrogen) atoms. The zero-order valence-electron chi connectivity index (χ0n) is 10.8. The van der Waals surface area contributed by atoms with Gasteiger partial charge in [0.25, 0.3) is 0 Å². The average molecular weight is 242 g/mol. The lowest BCUT2D eigenvalue weighted by Crippen LogP contribution is -2.19. The second-order valence-electron chi connectivity index (χ2n) is 4.74. The van der Waals surface area contributed by atoms with Crippen LogP contribution in [0.4, 0.5) is 0 Å². The van der Waals surface area contributed by atoms with Gasteiger partial charge in [-0.25, -0.2) is 0 Å². The maximum atomic E-state index is 10.5. The SMILES string of the molecule is C/C(=C\C(=O)[O-])c1ccc2c(ccn2C(C)C)c1. The number of aliphatic carboxylic acids is 1. The van der Waals surface area contributed by atoms with Gasteiger partial charge < -0.3 is 14.5 Å². The van der Waals surface area contributed by atoms with Crippen molar-refractivity contribution in [3.63, 3.8) is 0 Å². The molecule has 0 aliphatic heterocycles. The standard InChI is InChI=1S/C15H17NO2/c1-10(2)16-7-6-13-9-12(4-5-14(13)16)11(3)8-15(17)18/h4-10H,1-3H3,(H,17,18)/p-1/b11-8+. The molecule has 0 unspecified atom stereocenters. The molecule has 0 saturated carbocycles. The van der Waals surface area contributed by atoms with Crippen LogP contribution in [0.3, 0.4) is 0 Å². The van der Waals surface area contributed by atoms with E-state index in [2.05, 4.69) is 24.6 Å². The van der Waals surface area contributed by atoms with E-state index in [9.17, 15) is 9.90 Å². The van der Waals surface area contributed by atoms with Crippen molar-refractivity contribution in [3.8, 4) is 0 Å². The third-order valence-electron chi connectivity index (χ3n) is 3.07. The van der Waals surface area contributed by atoms with Crippen molar-refractivity contribution in [1.29, 1.82) is 0 Å². The number of hydrogen-bond donors (Lipinski definition) is 0. The summed E-state index contributed by atoms with van der Waals surface area (Å²) < 4.78 is 2.19. The lowest BCUT2D eigenvalue weighted by Gasteiger charge is -2.10. The summed E-state index contributed by atoms with van der Waals surface area (Å²) in [6, 6.07) is 8.43. The molecule has 0 radical (unpaired) electrons. The van der Waals surface area contributed by atoms with E-state index in [1.807, 2.05) is 24.3 Å². The molecule has 0 fully saturated rings. The Kier molecular flexibility index (Phi) is 3.24. The van der Waals surface area contributed by atoms with Crippen molar-refractivity contribution < 1.29 is 9.90 Å². The number of hydrogen-bond acceptors (Lipinski definition) is 2. The minimum absolute atomic E-state index is 0.410. The molecule has 0 N–H and O–H groups in total. The van der Waals surface area contributed by atoms with Crippen LogP contribution in [0.1, 0.15) is 32.4 Å². The fourth-order valence-electron chi connectivity index (χ4n) is 2.12. The van der Waals surface area contributed by atoms with E-state index in [-0.39, 0.29) is 0 Å². The first-order chi connectivity index (χ1) is 8.49. The van der Waals surface area contributed by atoms with Crippen molar-refractivity contribution in [1.82, 2.24) is 4.57 Å². The number of carboxylic acids is 1. The Bertz CT molecular complexity index is 620. The minimum Gasteiger partial charge on any atom is -0.545 e. The van der Waals surface area contributed by atoms with Gasteiger partial charge in [-0.3, -0.25) is 0 Å². The van der Waals surface area contributed by atoms with Crippen LogP contribution in [0.5, 0.6) is 0 Å². The molecular weight excluding hydrogens is 226 g/mol. The highest BCUT2D eigenvalue weighted by atomic mass is 16.4. The molecular formula is C15H16NO2-. The Morgan fingerprint density at radius 3 is 2.67 bits per heavy atom. The second kappa shape index (κ2) is 4.69. The molecule has 0 spiro atoms. The van der Waals surface area contributed by atoms with E-state index >= 15 is 0 Å². The van der Waals surface area contributed by atoms with E-state index in [1.165, 1.54) is 0 Å². The van der Waals surface area contributed by atoms with Crippen LogP contribution < -0.4 is 5.11 Å². The van der Waals surface area contributed by atoms with Crippen molar-refractivity contribution in [2.45, 2.75) is 26.8 Å². The van der Waals surface area contributed by atoms with Crippen LogP contribution in [-0.2, 0) is 4.79 Å². The zero-order chi connectivity index (χ0) is 13.3. The van der Waals surface area contributed by atoms with Crippen LogP contribution in [0.2, 0.25) is 0 Å². The summed E-state index contributed by atoms with van der Waals surface area (Å²) in [4.78, 5) is 10.5. The minimum atomic E-state index is -1.16. The number of fused-ring (bicyclic) bond motifs is 1. The largest absolute Gasteiger partial charge is 0.545 e. The maximum Gasteiger partial charge on any atom is 0.0645 e. The first-order valence-corrected chi connectivity index (χ1v) is 5.99. The molecule has 0 bridgehead atoms. The third-order valence-corrected chi connectivity index (χ3v) is 3.07. The summed E-state index contributed by atoms with van der Waals surface area (Å²) in [5.74, 6) is -1.16. The molecule has 1 heterocycles. The fraction of sp³-hybridized carbons (Fsp3) is 0.267. The molecule has 0 saturated heterocycles. The average Bonchev–Trinajstić information content (AvgIpc) is 2.70. The van der Waals surface area contributed by atoms with Crippen molar-refractivity contribution in [3.05, 3.63) is 42.1 Å². The first kappa shape index (κ1) is 12.4. The molecule has 3 nitrogen and oxygen atoms in total. The summed E-state index contributed by atoms with van der Waals surface area (Å²) in [6.45, 7) is 6.04. The Hall–Kier alpha value is -2.03. The van der Waals surface area contributed by atoms with Gasteiger partial charge in [-0.15, -0.1) is 0 Å². The molecule has 2 rings (SSSR count). The van der Waals surface area contributed by atoms with E-state index in [1.54, 1.807) is 6.92 Å². The van der Waals surface area contributed by atoms with E-state index in [0.29, 0.717) is 11.6 Å². The number of benzene rings is 1. The monoisotopic (exact) mass is 242 g/mol. The quantitative estimate of drug-likeness (QED) is 0.776. The van der Waals surface area contributed by atoms with Gasteiger partial charge in [0, 0.05) is 23.1 Å². The van der Waals surface area contributed by atoms with Crippen molar-refractivity contribution >= 4 is 22.4 Å². The Labute approximate surface area is 106 Å². The van der Waals surface area contributed by atoms with Crippen LogP contribution in [0.15, 0.2) is 36.5 Å². The molecule has 1 aromatic heterocycles. The van der Waals surface area contributed by atoms with Gasteiger partial charge in [-0.1, -0.05) is 6.07 Å². The Morgan fingerprint density at radius 2 is 2.06 bits per heavy atom.